The van der Waals surface area contributed by atoms with E-state index in [0.29, 0.717) is 17.9 Å². The van der Waals surface area contributed by atoms with Gasteiger partial charge < -0.3 is 10.1 Å². The Morgan fingerprint density at radius 3 is 2.12 bits per heavy atom. The van der Waals surface area contributed by atoms with Crippen LogP contribution in [-0.2, 0) is 0 Å². The summed E-state index contributed by atoms with van der Waals surface area (Å²) in [5, 5.41) is 3.58. The van der Waals surface area contributed by atoms with Crippen molar-refractivity contribution in [2.24, 2.45) is 5.92 Å². The molecule has 0 radical (unpaired) electrons. The molecular formula is C15H25NO. The smallest absolute Gasteiger partial charge is 0.118 e. The van der Waals surface area contributed by atoms with Crippen molar-refractivity contribution in [1.29, 1.82) is 0 Å². The molecule has 1 aromatic rings. The summed E-state index contributed by atoms with van der Waals surface area (Å²) in [6.07, 6.45) is 0. The zero-order chi connectivity index (χ0) is 12.8. The highest BCUT2D eigenvalue weighted by Gasteiger charge is 2.20. The van der Waals surface area contributed by atoms with E-state index in [1.807, 2.05) is 12.1 Å². The van der Waals surface area contributed by atoms with Crippen molar-refractivity contribution in [1.82, 2.24) is 5.32 Å². The first-order valence-corrected chi connectivity index (χ1v) is 6.47. The molecule has 0 aliphatic rings. The van der Waals surface area contributed by atoms with E-state index in [-0.39, 0.29) is 0 Å². The minimum atomic E-state index is 0.515. The van der Waals surface area contributed by atoms with Gasteiger partial charge in [0, 0.05) is 6.04 Å². The summed E-state index contributed by atoms with van der Waals surface area (Å²) >= 11 is 0. The summed E-state index contributed by atoms with van der Waals surface area (Å²) in [5.41, 5.74) is 1.37. The first-order valence-electron chi connectivity index (χ1n) is 6.47. The number of hydrogen-bond donors (Lipinski definition) is 1. The molecule has 0 saturated heterocycles. The fraction of sp³-hybridized carbons (Fsp3) is 0.600. The van der Waals surface area contributed by atoms with Crippen molar-refractivity contribution < 1.29 is 4.74 Å². The van der Waals surface area contributed by atoms with Crippen LogP contribution < -0.4 is 10.1 Å². The fourth-order valence-electron chi connectivity index (χ4n) is 2.34. The predicted octanol–water partition coefficient (Wildman–Crippen LogP) is 3.43. The van der Waals surface area contributed by atoms with Crippen LogP contribution in [0.3, 0.4) is 0 Å². The van der Waals surface area contributed by atoms with Crippen molar-refractivity contribution in [2.45, 2.75) is 39.7 Å². The number of benzene rings is 1. The topological polar surface area (TPSA) is 21.3 Å². The second-order valence-electron chi connectivity index (χ2n) is 4.89. The van der Waals surface area contributed by atoms with Crippen molar-refractivity contribution in [2.75, 3.05) is 13.7 Å². The Hall–Kier alpha value is -1.02. The largest absolute Gasteiger partial charge is 0.497 e. The maximum absolute atomic E-state index is 5.19. The second-order valence-corrected chi connectivity index (χ2v) is 4.89. The average Bonchev–Trinajstić information content (AvgIpc) is 2.35. The standard InChI is InChI=1S/C15H25NO/c1-6-16-15(11(2)3)12(4)13-7-9-14(17-5)10-8-13/h7-12,15-16H,6H2,1-5H3. The van der Waals surface area contributed by atoms with Gasteiger partial charge in [-0.05, 0) is 36.1 Å². The monoisotopic (exact) mass is 235 g/mol. The molecule has 0 aliphatic heterocycles. The molecule has 0 fully saturated rings. The summed E-state index contributed by atoms with van der Waals surface area (Å²) in [7, 11) is 1.70. The van der Waals surface area contributed by atoms with Crippen molar-refractivity contribution in [3.8, 4) is 5.75 Å². The lowest BCUT2D eigenvalue weighted by atomic mass is 9.86. The first kappa shape index (κ1) is 14.0. The molecule has 2 unspecified atom stereocenters. The Bertz CT molecular complexity index is 318. The SMILES string of the molecule is CCNC(C(C)C)C(C)c1ccc(OC)cc1. The van der Waals surface area contributed by atoms with Gasteiger partial charge in [0.25, 0.3) is 0 Å². The lowest BCUT2D eigenvalue weighted by molar-refractivity contribution is 0.360. The van der Waals surface area contributed by atoms with Crippen LogP contribution in [0.5, 0.6) is 5.75 Å². The van der Waals surface area contributed by atoms with Gasteiger partial charge in [-0.2, -0.15) is 0 Å². The number of hydrogen-bond acceptors (Lipinski definition) is 2. The summed E-state index contributed by atoms with van der Waals surface area (Å²) < 4.78 is 5.19. The highest BCUT2D eigenvalue weighted by atomic mass is 16.5. The van der Waals surface area contributed by atoms with E-state index in [1.165, 1.54) is 5.56 Å². The molecule has 0 bridgehead atoms. The molecule has 1 rings (SSSR count). The number of rotatable bonds is 6. The molecule has 0 heterocycles. The van der Waals surface area contributed by atoms with Crippen LogP contribution in [0.2, 0.25) is 0 Å². The molecule has 2 nitrogen and oxygen atoms in total. The quantitative estimate of drug-likeness (QED) is 0.815. The maximum Gasteiger partial charge on any atom is 0.118 e. The van der Waals surface area contributed by atoms with Crippen LogP contribution in [0, 0.1) is 5.92 Å². The van der Waals surface area contributed by atoms with Crippen LogP contribution in [0.1, 0.15) is 39.2 Å². The molecule has 2 heteroatoms. The molecule has 17 heavy (non-hydrogen) atoms. The summed E-state index contributed by atoms with van der Waals surface area (Å²) in [6, 6.07) is 8.92. The average molecular weight is 235 g/mol. The van der Waals surface area contributed by atoms with Gasteiger partial charge in [0.15, 0.2) is 0 Å². The number of nitrogens with one attached hydrogen (secondary N) is 1. The van der Waals surface area contributed by atoms with E-state index >= 15 is 0 Å². The van der Waals surface area contributed by atoms with E-state index in [9.17, 15) is 0 Å². The molecule has 0 aliphatic carbocycles. The lowest BCUT2D eigenvalue weighted by Gasteiger charge is -2.28. The Kier molecular flexibility index (Phi) is 5.49. The van der Waals surface area contributed by atoms with Gasteiger partial charge in [0.1, 0.15) is 5.75 Å². The van der Waals surface area contributed by atoms with Crippen LogP contribution in [0.25, 0.3) is 0 Å². The van der Waals surface area contributed by atoms with Crippen LogP contribution >= 0.6 is 0 Å². The van der Waals surface area contributed by atoms with Gasteiger partial charge in [-0.25, -0.2) is 0 Å². The molecule has 0 aromatic heterocycles. The summed E-state index contributed by atoms with van der Waals surface area (Å²) in [4.78, 5) is 0. The fourth-order valence-corrected chi connectivity index (χ4v) is 2.34. The minimum Gasteiger partial charge on any atom is -0.497 e. The van der Waals surface area contributed by atoms with Crippen molar-refractivity contribution >= 4 is 0 Å². The second kappa shape index (κ2) is 6.65. The van der Waals surface area contributed by atoms with E-state index in [1.54, 1.807) is 7.11 Å². The molecule has 0 saturated carbocycles. The van der Waals surface area contributed by atoms with E-state index in [0.717, 1.165) is 12.3 Å². The van der Waals surface area contributed by atoms with Gasteiger partial charge in [-0.3, -0.25) is 0 Å². The first-order chi connectivity index (χ1) is 8.10. The highest BCUT2D eigenvalue weighted by Crippen LogP contribution is 2.25. The van der Waals surface area contributed by atoms with Gasteiger partial charge in [-0.15, -0.1) is 0 Å². The third-order valence-electron chi connectivity index (χ3n) is 3.34. The minimum absolute atomic E-state index is 0.515. The Morgan fingerprint density at radius 2 is 1.71 bits per heavy atom. The predicted molar refractivity (Wildman–Crippen MR) is 73.7 cm³/mol. The molecule has 0 amide bonds. The van der Waals surface area contributed by atoms with Gasteiger partial charge in [-0.1, -0.05) is 39.8 Å². The summed E-state index contributed by atoms with van der Waals surface area (Å²) in [6.45, 7) is 10.0. The van der Waals surface area contributed by atoms with Crippen LogP contribution in [0.4, 0.5) is 0 Å². The Balaban J connectivity index is 2.81. The van der Waals surface area contributed by atoms with Crippen LogP contribution in [0.15, 0.2) is 24.3 Å². The molecule has 1 aromatic carbocycles. The molecule has 1 N–H and O–H groups in total. The Morgan fingerprint density at radius 1 is 1.12 bits per heavy atom. The lowest BCUT2D eigenvalue weighted by Crippen LogP contribution is -2.38. The van der Waals surface area contributed by atoms with Crippen LogP contribution in [-0.4, -0.2) is 19.7 Å². The van der Waals surface area contributed by atoms with Crippen molar-refractivity contribution in [3.63, 3.8) is 0 Å². The third kappa shape index (κ3) is 3.74. The molecule has 96 valence electrons. The zero-order valence-electron chi connectivity index (χ0n) is 11.7. The normalized spacial score (nSPS) is 14.7. The van der Waals surface area contributed by atoms with Crippen molar-refractivity contribution in [3.05, 3.63) is 29.8 Å². The third-order valence-corrected chi connectivity index (χ3v) is 3.34. The van der Waals surface area contributed by atoms with Gasteiger partial charge in [0.05, 0.1) is 7.11 Å². The Labute approximate surface area is 105 Å². The number of likely N-dealkylation sites (N-methyl/N-ethyl adjacent to an activating group) is 1. The highest BCUT2D eigenvalue weighted by molar-refractivity contribution is 5.30. The zero-order valence-corrected chi connectivity index (χ0v) is 11.7. The number of ether oxygens (including phenoxy) is 1. The molecule has 2 atom stereocenters. The maximum atomic E-state index is 5.19. The summed E-state index contributed by atoms with van der Waals surface area (Å²) in [5.74, 6) is 2.07. The number of methoxy groups -OCH3 is 1. The van der Waals surface area contributed by atoms with E-state index in [2.05, 4.69) is 45.1 Å². The van der Waals surface area contributed by atoms with Gasteiger partial charge >= 0.3 is 0 Å². The van der Waals surface area contributed by atoms with E-state index < -0.39 is 0 Å². The molecule has 0 spiro atoms. The molecular weight excluding hydrogens is 210 g/mol. The van der Waals surface area contributed by atoms with E-state index in [4.69, 9.17) is 4.74 Å². The van der Waals surface area contributed by atoms with Gasteiger partial charge in [0.2, 0.25) is 0 Å².